The van der Waals surface area contributed by atoms with E-state index in [1.54, 1.807) is 19.6 Å². The molecular formula is C33H24N6. The minimum absolute atomic E-state index is 0.866. The summed E-state index contributed by atoms with van der Waals surface area (Å²) >= 11 is 0. The zero-order valence-electron chi connectivity index (χ0n) is 21.4. The Balaban J connectivity index is 1.46. The van der Waals surface area contributed by atoms with Gasteiger partial charge in [0, 0.05) is 34.8 Å². The van der Waals surface area contributed by atoms with E-state index in [9.17, 15) is 0 Å². The number of aliphatic imine (C=N–C) groups is 2. The molecule has 0 N–H and O–H groups in total. The van der Waals surface area contributed by atoms with Crippen molar-refractivity contribution in [1.82, 2.24) is 19.1 Å². The smallest absolute Gasteiger partial charge is 0.115 e. The van der Waals surface area contributed by atoms with E-state index in [4.69, 9.17) is 0 Å². The average Bonchev–Trinajstić information content (AvgIpc) is 3.50. The third-order valence-corrected chi connectivity index (χ3v) is 7.23. The first-order valence-corrected chi connectivity index (χ1v) is 12.7. The van der Waals surface area contributed by atoms with Crippen LogP contribution in [0, 0.1) is 0 Å². The van der Waals surface area contributed by atoms with Crippen molar-refractivity contribution in [2.75, 3.05) is 7.05 Å². The quantitative estimate of drug-likeness (QED) is 0.227. The molecular weight excluding hydrogens is 480 g/mol. The maximum absolute atomic E-state index is 4.26. The fourth-order valence-electron chi connectivity index (χ4n) is 5.64. The second-order valence-electron chi connectivity index (χ2n) is 9.39. The van der Waals surface area contributed by atoms with Gasteiger partial charge in [-0.05, 0) is 54.2 Å². The molecule has 0 saturated heterocycles. The van der Waals surface area contributed by atoms with E-state index in [2.05, 4.69) is 121 Å². The maximum atomic E-state index is 4.26. The molecule has 3 heterocycles. The van der Waals surface area contributed by atoms with Gasteiger partial charge < -0.3 is 9.13 Å². The highest BCUT2D eigenvalue weighted by Crippen LogP contribution is 2.37. The third-order valence-electron chi connectivity index (χ3n) is 7.23. The molecule has 0 radical (unpaired) electrons. The summed E-state index contributed by atoms with van der Waals surface area (Å²) < 4.78 is 4.41. The summed E-state index contributed by atoms with van der Waals surface area (Å²) in [7, 11) is 1.76. The lowest BCUT2D eigenvalue weighted by molar-refractivity contribution is 1.07. The van der Waals surface area contributed by atoms with Gasteiger partial charge in [0.1, 0.15) is 6.33 Å². The number of nitrogens with zero attached hydrogens (tertiary/aromatic N) is 6. The van der Waals surface area contributed by atoms with Crippen molar-refractivity contribution < 1.29 is 0 Å². The molecule has 39 heavy (non-hydrogen) atoms. The Hall–Kier alpha value is -5.36. The van der Waals surface area contributed by atoms with Crippen molar-refractivity contribution in [3.63, 3.8) is 0 Å². The number of hydrogen-bond acceptors (Lipinski definition) is 4. The number of hydrogen-bond donors (Lipinski definition) is 0. The summed E-state index contributed by atoms with van der Waals surface area (Å²) in [6, 6.07) is 30.2. The molecule has 0 amide bonds. The van der Waals surface area contributed by atoms with Gasteiger partial charge in [0.25, 0.3) is 0 Å². The van der Waals surface area contributed by atoms with Crippen LogP contribution in [0.2, 0.25) is 0 Å². The number of para-hydroxylation sites is 2. The van der Waals surface area contributed by atoms with Gasteiger partial charge in [0.15, 0.2) is 0 Å². The van der Waals surface area contributed by atoms with E-state index >= 15 is 0 Å². The highest BCUT2D eigenvalue weighted by atomic mass is 15.0. The number of allylic oxidation sites excluding steroid dienone is 1. The van der Waals surface area contributed by atoms with Crippen molar-refractivity contribution in [3.8, 4) is 16.8 Å². The normalized spacial score (nSPS) is 12.4. The highest BCUT2D eigenvalue weighted by molar-refractivity contribution is 6.16. The second kappa shape index (κ2) is 9.19. The molecule has 0 spiro atoms. The van der Waals surface area contributed by atoms with Crippen molar-refractivity contribution in [1.29, 1.82) is 0 Å². The van der Waals surface area contributed by atoms with Gasteiger partial charge in [-0.1, -0.05) is 48.5 Å². The van der Waals surface area contributed by atoms with Gasteiger partial charge in [-0.3, -0.25) is 9.98 Å². The van der Waals surface area contributed by atoms with E-state index in [-0.39, 0.29) is 0 Å². The fourth-order valence-corrected chi connectivity index (χ4v) is 5.64. The zero-order chi connectivity index (χ0) is 26.3. The Labute approximate surface area is 224 Å². The summed E-state index contributed by atoms with van der Waals surface area (Å²) in [5, 5.41) is 4.74. The van der Waals surface area contributed by atoms with Gasteiger partial charge >= 0.3 is 0 Å². The molecule has 6 nitrogen and oxygen atoms in total. The van der Waals surface area contributed by atoms with Crippen LogP contribution in [-0.2, 0) is 0 Å². The van der Waals surface area contributed by atoms with Crippen molar-refractivity contribution in [3.05, 3.63) is 110 Å². The summed E-state index contributed by atoms with van der Waals surface area (Å²) in [6.07, 6.45) is 8.82. The van der Waals surface area contributed by atoms with Crippen LogP contribution in [0.3, 0.4) is 0 Å². The van der Waals surface area contributed by atoms with Gasteiger partial charge in [0.05, 0.1) is 52.0 Å². The van der Waals surface area contributed by atoms with E-state index in [1.807, 2.05) is 18.6 Å². The van der Waals surface area contributed by atoms with Crippen LogP contribution < -0.4 is 0 Å². The number of fused-ring (bicyclic) bond motifs is 6. The standard InChI is InChI=1S/C33H24N6/c1-34-17-24(18-35-2)38-30-9-5-3-7-26(30)28-15-22(11-13-32(28)38)23-12-14-33-29(16-23)27-8-4-6-10-31(27)39(33)25-19-36-21-37-20-25/h3-21H,1H2,2H3/b24-17+,35-18-. The molecule has 0 aliphatic rings. The van der Waals surface area contributed by atoms with Crippen molar-refractivity contribution >= 4 is 62.2 Å². The summed E-state index contributed by atoms with van der Waals surface area (Å²) in [6.45, 7) is 3.66. The minimum atomic E-state index is 0.866. The van der Waals surface area contributed by atoms with Crippen LogP contribution in [0.4, 0.5) is 0 Å². The molecule has 0 bridgehead atoms. The molecule has 0 saturated carbocycles. The largest absolute Gasteiger partial charge is 0.306 e. The lowest BCUT2D eigenvalue weighted by Crippen LogP contribution is -1.98. The number of benzene rings is 4. The fraction of sp³-hybridized carbons (Fsp3) is 0.0303. The molecule has 4 aromatic carbocycles. The number of aromatic nitrogens is 4. The monoisotopic (exact) mass is 504 g/mol. The molecule has 0 atom stereocenters. The van der Waals surface area contributed by atoms with Gasteiger partial charge in [0.2, 0.25) is 0 Å². The SMILES string of the molecule is C=N/C=C(\C=N/C)n1c2ccccc2c2cc(-c3ccc4c(c3)c3ccccc3n4-c3cncnc3)ccc21. The van der Waals surface area contributed by atoms with Crippen molar-refractivity contribution in [2.24, 2.45) is 9.98 Å². The first-order valence-electron chi connectivity index (χ1n) is 12.7. The lowest BCUT2D eigenvalue weighted by Gasteiger charge is -2.09. The van der Waals surface area contributed by atoms with Crippen LogP contribution >= 0.6 is 0 Å². The van der Waals surface area contributed by atoms with Gasteiger partial charge in [-0.25, -0.2) is 9.97 Å². The summed E-state index contributed by atoms with van der Waals surface area (Å²) in [4.78, 5) is 16.8. The molecule has 0 unspecified atom stereocenters. The van der Waals surface area contributed by atoms with Gasteiger partial charge in [-0.2, -0.15) is 0 Å². The molecule has 7 aromatic rings. The predicted octanol–water partition coefficient (Wildman–Crippen LogP) is 7.55. The van der Waals surface area contributed by atoms with E-state index in [0.717, 1.165) is 44.6 Å². The van der Waals surface area contributed by atoms with Gasteiger partial charge in [-0.15, -0.1) is 0 Å². The Morgan fingerprint density at radius 3 is 1.97 bits per heavy atom. The van der Waals surface area contributed by atoms with Crippen LogP contribution in [0.25, 0.3) is 66.1 Å². The predicted molar refractivity (Wildman–Crippen MR) is 163 cm³/mol. The Bertz CT molecular complexity index is 2090. The zero-order valence-corrected chi connectivity index (χ0v) is 21.4. The van der Waals surface area contributed by atoms with E-state index < -0.39 is 0 Å². The molecule has 3 aromatic heterocycles. The second-order valence-corrected chi connectivity index (χ2v) is 9.39. The molecule has 0 aliphatic heterocycles. The Kier molecular flexibility index (Phi) is 5.37. The third kappa shape index (κ3) is 3.57. The van der Waals surface area contributed by atoms with Crippen molar-refractivity contribution in [2.45, 2.75) is 0 Å². The Morgan fingerprint density at radius 2 is 1.28 bits per heavy atom. The number of rotatable bonds is 5. The molecule has 0 aliphatic carbocycles. The average molecular weight is 505 g/mol. The lowest BCUT2D eigenvalue weighted by atomic mass is 10.0. The first kappa shape index (κ1) is 22.8. The van der Waals surface area contributed by atoms with Crippen LogP contribution in [-0.4, -0.2) is 39.1 Å². The molecule has 6 heteroatoms. The van der Waals surface area contributed by atoms with Crippen LogP contribution in [0.5, 0.6) is 0 Å². The molecule has 186 valence electrons. The minimum Gasteiger partial charge on any atom is -0.306 e. The highest BCUT2D eigenvalue weighted by Gasteiger charge is 2.16. The van der Waals surface area contributed by atoms with E-state index in [0.29, 0.717) is 0 Å². The topological polar surface area (TPSA) is 60.4 Å². The maximum Gasteiger partial charge on any atom is 0.115 e. The summed E-state index contributed by atoms with van der Waals surface area (Å²) in [5.74, 6) is 0. The Morgan fingerprint density at radius 1 is 0.718 bits per heavy atom. The van der Waals surface area contributed by atoms with Crippen LogP contribution in [0.15, 0.2) is 120 Å². The van der Waals surface area contributed by atoms with E-state index in [1.165, 1.54) is 21.5 Å². The van der Waals surface area contributed by atoms with Crippen LogP contribution in [0.1, 0.15) is 0 Å². The molecule has 7 rings (SSSR count). The summed E-state index contributed by atoms with van der Waals surface area (Å²) in [5.41, 5.74) is 8.57. The molecule has 0 fully saturated rings. The first-order chi connectivity index (χ1) is 19.3.